The number of nitrogens with zero attached hydrogens (tertiary/aromatic N) is 1. The van der Waals surface area contributed by atoms with E-state index in [0.717, 1.165) is 43.8 Å². The number of aromatic hydroxyl groups is 1. The van der Waals surface area contributed by atoms with Crippen LogP contribution in [0.1, 0.15) is 43.2 Å². The minimum absolute atomic E-state index is 0.0525. The van der Waals surface area contributed by atoms with Gasteiger partial charge in [-0.2, -0.15) is 0 Å². The van der Waals surface area contributed by atoms with Crippen LogP contribution in [0.25, 0.3) is 0 Å². The van der Waals surface area contributed by atoms with E-state index in [9.17, 15) is 10.2 Å². The number of phenols is 1. The molecule has 4 nitrogen and oxygen atoms in total. The first-order valence-corrected chi connectivity index (χ1v) is 9.06. The zero-order valence-corrected chi connectivity index (χ0v) is 13.5. The van der Waals surface area contributed by atoms with Gasteiger partial charge in [0, 0.05) is 24.0 Å². The summed E-state index contributed by atoms with van der Waals surface area (Å²) in [5.74, 6) is 1.14. The standard InChI is InChI=1S/C19H26N2O2/c20-14-9-18-5-6-21(11-12-1-2-12)17(19(18,23)10-14)7-13-3-4-15(22)8-16(13)18/h3-4,8,12,14,17,22-23H,1-2,5-7,9-11,20H2/t14-,17+,18-,19+/m0/s1. The Bertz CT molecular complexity index is 659. The number of aliphatic hydroxyl groups is 1. The van der Waals surface area contributed by atoms with Crippen molar-refractivity contribution < 1.29 is 10.2 Å². The molecule has 1 saturated heterocycles. The minimum Gasteiger partial charge on any atom is -0.508 e. The molecule has 1 heterocycles. The molecule has 2 saturated carbocycles. The van der Waals surface area contributed by atoms with E-state index >= 15 is 0 Å². The highest BCUT2D eigenvalue weighted by molar-refractivity contribution is 5.49. The van der Waals surface area contributed by atoms with E-state index in [1.165, 1.54) is 18.4 Å². The van der Waals surface area contributed by atoms with E-state index in [-0.39, 0.29) is 17.5 Å². The minimum atomic E-state index is -0.736. The molecule has 0 radical (unpaired) electrons. The molecule has 124 valence electrons. The maximum Gasteiger partial charge on any atom is 0.115 e. The predicted molar refractivity (Wildman–Crippen MR) is 88.4 cm³/mol. The zero-order chi connectivity index (χ0) is 15.8. The Labute approximate surface area is 137 Å². The quantitative estimate of drug-likeness (QED) is 0.774. The van der Waals surface area contributed by atoms with Crippen molar-refractivity contribution in [2.45, 2.75) is 61.6 Å². The van der Waals surface area contributed by atoms with Crippen molar-refractivity contribution in [3.05, 3.63) is 29.3 Å². The van der Waals surface area contributed by atoms with Gasteiger partial charge in [0.25, 0.3) is 0 Å². The predicted octanol–water partition coefficient (Wildman–Crippen LogP) is 1.52. The largest absolute Gasteiger partial charge is 0.508 e. The summed E-state index contributed by atoms with van der Waals surface area (Å²) < 4.78 is 0. The Morgan fingerprint density at radius 3 is 2.87 bits per heavy atom. The van der Waals surface area contributed by atoms with Crippen molar-refractivity contribution in [3.63, 3.8) is 0 Å². The molecule has 4 heteroatoms. The van der Waals surface area contributed by atoms with Crippen LogP contribution in [0, 0.1) is 5.92 Å². The lowest BCUT2D eigenvalue weighted by Gasteiger charge is -2.59. The third kappa shape index (κ3) is 1.83. The van der Waals surface area contributed by atoms with Gasteiger partial charge in [-0.3, -0.25) is 4.90 Å². The van der Waals surface area contributed by atoms with Crippen LogP contribution in [0.3, 0.4) is 0 Å². The van der Waals surface area contributed by atoms with Gasteiger partial charge in [0.15, 0.2) is 0 Å². The van der Waals surface area contributed by atoms with E-state index in [0.29, 0.717) is 12.2 Å². The Balaban J connectivity index is 1.64. The van der Waals surface area contributed by atoms with Crippen molar-refractivity contribution >= 4 is 0 Å². The Morgan fingerprint density at radius 2 is 2.09 bits per heavy atom. The lowest BCUT2D eigenvalue weighted by molar-refractivity contribution is -0.131. The second-order valence-electron chi connectivity index (χ2n) is 8.42. The summed E-state index contributed by atoms with van der Waals surface area (Å²) in [7, 11) is 0. The molecular weight excluding hydrogens is 288 g/mol. The smallest absolute Gasteiger partial charge is 0.115 e. The number of phenolic OH excluding ortho intramolecular Hbond substituents is 1. The summed E-state index contributed by atoms with van der Waals surface area (Å²) in [6, 6.07) is 5.98. The number of likely N-dealkylation sites (tertiary alicyclic amines) is 1. The van der Waals surface area contributed by atoms with Crippen LogP contribution in [-0.2, 0) is 11.8 Å². The van der Waals surface area contributed by atoms with Gasteiger partial charge in [-0.25, -0.2) is 0 Å². The zero-order valence-electron chi connectivity index (χ0n) is 13.5. The molecule has 4 atom stereocenters. The number of rotatable bonds is 2. The molecular formula is C19H26N2O2. The van der Waals surface area contributed by atoms with Crippen molar-refractivity contribution in [2.24, 2.45) is 11.7 Å². The maximum absolute atomic E-state index is 11.8. The topological polar surface area (TPSA) is 69.7 Å². The van der Waals surface area contributed by atoms with Gasteiger partial charge in [0.1, 0.15) is 5.75 Å². The Hall–Kier alpha value is -1.10. The molecule has 1 aromatic carbocycles. The van der Waals surface area contributed by atoms with Crippen molar-refractivity contribution in [1.82, 2.24) is 4.90 Å². The summed E-state index contributed by atoms with van der Waals surface area (Å²) in [6.07, 6.45) is 6.05. The normalized spacial score (nSPS) is 42.3. The van der Waals surface area contributed by atoms with Gasteiger partial charge in [0.2, 0.25) is 0 Å². The Morgan fingerprint density at radius 1 is 1.26 bits per heavy atom. The van der Waals surface area contributed by atoms with Crippen LogP contribution in [0.2, 0.25) is 0 Å². The van der Waals surface area contributed by atoms with E-state index in [4.69, 9.17) is 5.73 Å². The third-order valence-electron chi connectivity index (χ3n) is 7.04. The molecule has 3 fully saturated rings. The van der Waals surface area contributed by atoms with Gasteiger partial charge >= 0.3 is 0 Å². The number of hydrogen-bond acceptors (Lipinski definition) is 4. The molecule has 1 aromatic rings. The second-order valence-corrected chi connectivity index (χ2v) is 8.42. The highest BCUT2D eigenvalue weighted by Gasteiger charge is 2.66. The van der Waals surface area contributed by atoms with E-state index < -0.39 is 5.60 Å². The fraction of sp³-hybridized carbons (Fsp3) is 0.684. The van der Waals surface area contributed by atoms with Gasteiger partial charge in [-0.15, -0.1) is 0 Å². The molecule has 23 heavy (non-hydrogen) atoms. The van der Waals surface area contributed by atoms with Crippen molar-refractivity contribution in [2.75, 3.05) is 13.1 Å². The maximum atomic E-state index is 11.8. The van der Waals surface area contributed by atoms with Crippen LogP contribution in [-0.4, -0.2) is 45.9 Å². The first-order valence-electron chi connectivity index (χ1n) is 9.06. The average molecular weight is 314 g/mol. The first kappa shape index (κ1) is 14.3. The summed E-state index contributed by atoms with van der Waals surface area (Å²) in [5.41, 5.74) is 7.81. The summed E-state index contributed by atoms with van der Waals surface area (Å²) in [4.78, 5) is 2.55. The molecule has 2 bridgehead atoms. The lowest BCUT2D eigenvalue weighted by atomic mass is 9.56. The van der Waals surface area contributed by atoms with Crippen molar-refractivity contribution in [3.8, 4) is 5.75 Å². The van der Waals surface area contributed by atoms with Gasteiger partial charge < -0.3 is 15.9 Å². The molecule has 0 amide bonds. The van der Waals surface area contributed by atoms with E-state index in [1.807, 2.05) is 6.07 Å². The SMILES string of the molecule is N[C@H]1C[C@@]23CCN(CC4CC4)[C@H](Cc4ccc(O)cc42)[C@]3(O)C1. The number of benzene rings is 1. The monoisotopic (exact) mass is 314 g/mol. The van der Waals surface area contributed by atoms with Gasteiger partial charge in [-0.1, -0.05) is 6.07 Å². The molecule has 4 aliphatic rings. The van der Waals surface area contributed by atoms with E-state index in [1.54, 1.807) is 6.07 Å². The number of nitrogens with two attached hydrogens (primary N) is 1. The highest BCUT2D eigenvalue weighted by atomic mass is 16.3. The molecule has 3 aliphatic carbocycles. The molecule has 0 unspecified atom stereocenters. The van der Waals surface area contributed by atoms with Crippen LogP contribution in [0.5, 0.6) is 5.75 Å². The fourth-order valence-corrected chi connectivity index (χ4v) is 5.88. The molecule has 0 aromatic heterocycles. The first-order chi connectivity index (χ1) is 11.0. The van der Waals surface area contributed by atoms with Crippen LogP contribution < -0.4 is 5.73 Å². The molecule has 5 rings (SSSR count). The second kappa shape index (κ2) is 4.50. The van der Waals surface area contributed by atoms with Gasteiger partial charge in [0.05, 0.1) is 5.60 Å². The number of hydrogen-bond donors (Lipinski definition) is 3. The third-order valence-corrected chi connectivity index (χ3v) is 7.04. The van der Waals surface area contributed by atoms with Gasteiger partial charge in [-0.05, 0) is 74.2 Å². The molecule has 1 aliphatic heterocycles. The average Bonchev–Trinajstić information content (AvgIpc) is 3.25. The fourth-order valence-electron chi connectivity index (χ4n) is 5.88. The van der Waals surface area contributed by atoms with Crippen LogP contribution in [0.4, 0.5) is 0 Å². The number of fused-ring (bicyclic) bond motifs is 1. The summed E-state index contributed by atoms with van der Waals surface area (Å²) in [6.45, 7) is 2.18. The Kier molecular flexibility index (Phi) is 2.79. The molecule has 0 spiro atoms. The van der Waals surface area contributed by atoms with Crippen molar-refractivity contribution in [1.29, 1.82) is 0 Å². The number of piperidine rings is 1. The summed E-state index contributed by atoms with van der Waals surface area (Å²) in [5, 5.41) is 21.8. The van der Waals surface area contributed by atoms with Crippen LogP contribution >= 0.6 is 0 Å². The molecule has 4 N–H and O–H groups in total. The van der Waals surface area contributed by atoms with Crippen LogP contribution in [0.15, 0.2) is 18.2 Å². The lowest BCUT2D eigenvalue weighted by Crippen LogP contribution is -2.69. The summed E-state index contributed by atoms with van der Waals surface area (Å²) >= 11 is 0. The van der Waals surface area contributed by atoms with E-state index in [2.05, 4.69) is 11.0 Å². The highest BCUT2D eigenvalue weighted by Crippen LogP contribution is 2.60.